The molecule has 1 unspecified atom stereocenters. The first-order valence-electron chi connectivity index (χ1n) is 8.24. The maximum Gasteiger partial charge on any atom is 0.254 e. The van der Waals surface area contributed by atoms with Gasteiger partial charge in [-0.05, 0) is 49.9 Å². The average Bonchev–Trinajstić information content (AvgIpc) is 3.11. The van der Waals surface area contributed by atoms with Gasteiger partial charge in [0, 0.05) is 31.3 Å². The number of ketones is 1. The largest absolute Gasteiger partial charge is 0.494 e. The van der Waals surface area contributed by atoms with Gasteiger partial charge in [-0.3, -0.25) is 9.59 Å². The standard InChI is InChI=1S/C18H24N2O3S/c1-4-20(5-2)18(22)15-8-7-14(23-6-3)11-13(15)12-16(21)17-19-9-10-24-17/h7-11,17,19H,4-6,12H2,1-3H3. The van der Waals surface area contributed by atoms with Gasteiger partial charge in [0.15, 0.2) is 5.78 Å². The molecule has 1 amide bonds. The zero-order valence-electron chi connectivity index (χ0n) is 14.4. The van der Waals surface area contributed by atoms with Gasteiger partial charge in [-0.15, -0.1) is 0 Å². The molecule has 2 rings (SSSR count). The third-order valence-corrected chi connectivity index (χ3v) is 4.82. The molecule has 0 bridgehead atoms. The molecule has 0 saturated carbocycles. The van der Waals surface area contributed by atoms with Gasteiger partial charge in [-0.1, -0.05) is 11.8 Å². The lowest BCUT2D eigenvalue weighted by atomic mass is 10.0. The average molecular weight is 348 g/mol. The normalized spacial score (nSPS) is 15.9. The Hall–Kier alpha value is -1.95. The summed E-state index contributed by atoms with van der Waals surface area (Å²) in [7, 11) is 0. The van der Waals surface area contributed by atoms with Crippen LogP contribution in [0.2, 0.25) is 0 Å². The minimum atomic E-state index is -0.280. The van der Waals surface area contributed by atoms with E-state index in [1.165, 1.54) is 11.8 Å². The number of thioether (sulfide) groups is 1. The van der Waals surface area contributed by atoms with Crippen LogP contribution in [0.15, 0.2) is 29.8 Å². The molecule has 0 radical (unpaired) electrons. The molecule has 0 saturated heterocycles. The van der Waals surface area contributed by atoms with E-state index in [-0.39, 0.29) is 23.5 Å². The molecule has 1 aliphatic rings. The highest BCUT2D eigenvalue weighted by atomic mass is 32.2. The van der Waals surface area contributed by atoms with Crippen LogP contribution in [-0.2, 0) is 11.2 Å². The van der Waals surface area contributed by atoms with Gasteiger partial charge in [-0.25, -0.2) is 0 Å². The molecule has 6 heteroatoms. The molecule has 1 aromatic carbocycles. The number of hydrogen-bond acceptors (Lipinski definition) is 5. The van der Waals surface area contributed by atoms with Crippen LogP contribution < -0.4 is 10.1 Å². The molecule has 1 heterocycles. The lowest BCUT2D eigenvalue weighted by Gasteiger charge is -2.21. The summed E-state index contributed by atoms with van der Waals surface area (Å²) in [6.45, 7) is 7.63. The first-order valence-corrected chi connectivity index (χ1v) is 9.19. The Kier molecular flexibility index (Phi) is 6.73. The van der Waals surface area contributed by atoms with E-state index >= 15 is 0 Å². The Labute approximate surface area is 147 Å². The zero-order chi connectivity index (χ0) is 17.5. The summed E-state index contributed by atoms with van der Waals surface area (Å²) >= 11 is 1.45. The number of amides is 1. The number of Topliss-reactive ketones (excluding diaryl/α,β-unsaturated/α-hetero) is 1. The highest BCUT2D eigenvalue weighted by Gasteiger charge is 2.24. The van der Waals surface area contributed by atoms with Crippen molar-refractivity contribution in [3.8, 4) is 5.75 Å². The van der Waals surface area contributed by atoms with Gasteiger partial charge < -0.3 is 15.0 Å². The van der Waals surface area contributed by atoms with Crippen LogP contribution in [0.4, 0.5) is 0 Å². The lowest BCUT2D eigenvalue weighted by Crippen LogP contribution is -2.32. The first-order chi connectivity index (χ1) is 11.6. The number of ether oxygens (including phenoxy) is 1. The molecule has 1 aromatic rings. The predicted octanol–water partition coefficient (Wildman–Crippen LogP) is 2.81. The van der Waals surface area contributed by atoms with Crippen molar-refractivity contribution in [2.45, 2.75) is 32.6 Å². The smallest absolute Gasteiger partial charge is 0.254 e. The van der Waals surface area contributed by atoms with Gasteiger partial charge >= 0.3 is 0 Å². The van der Waals surface area contributed by atoms with Crippen LogP contribution in [0.25, 0.3) is 0 Å². The van der Waals surface area contributed by atoms with Crippen LogP contribution in [0.1, 0.15) is 36.7 Å². The summed E-state index contributed by atoms with van der Waals surface area (Å²) in [4.78, 5) is 27.0. The fraction of sp³-hybridized carbons (Fsp3) is 0.444. The van der Waals surface area contributed by atoms with Crippen molar-refractivity contribution in [3.63, 3.8) is 0 Å². The molecule has 0 spiro atoms. The maximum absolute atomic E-state index is 12.7. The van der Waals surface area contributed by atoms with Gasteiger partial charge in [-0.2, -0.15) is 0 Å². The summed E-state index contributed by atoms with van der Waals surface area (Å²) in [5.41, 5.74) is 1.30. The number of benzene rings is 1. The summed E-state index contributed by atoms with van der Waals surface area (Å²) in [6.07, 6.45) is 1.97. The van der Waals surface area contributed by atoms with E-state index in [1.807, 2.05) is 32.2 Å². The van der Waals surface area contributed by atoms with E-state index in [9.17, 15) is 9.59 Å². The molecule has 24 heavy (non-hydrogen) atoms. The second-order valence-electron chi connectivity index (χ2n) is 5.36. The summed E-state index contributed by atoms with van der Waals surface area (Å²) in [5.74, 6) is 0.685. The zero-order valence-corrected chi connectivity index (χ0v) is 15.2. The minimum Gasteiger partial charge on any atom is -0.494 e. The predicted molar refractivity (Wildman–Crippen MR) is 97.2 cm³/mol. The maximum atomic E-state index is 12.7. The molecule has 5 nitrogen and oxygen atoms in total. The van der Waals surface area contributed by atoms with Crippen molar-refractivity contribution in [3.05, 3.63) is 40.9 Å². The Bertz CT molecular complexity index is 619. The van der Waals surface area contributed by atoms with Gasteiger partial charge in [0.05, 0.1) is 6.61 Å². The van der Waals surface area contributed by atoms with Crippen molar-refractivity contribution in [1.29, 1.82) is 0 Å². The number of nitrogens with one attached hydrogen (secondary N) is 1. The van der Waals surface area contributed by atoms with E-state index < -0.39 is 0 Å². The van der Waals surface area contributed by atoms with Crippen LogP contribution in [0, 0.1) is 0 Å². The quantitative estimate of drug-likeness (QED) is 0.783. The van der Waals surface area contributed by atoms with Crippen molar-refractivity contribution in [1.82, 2.24) is 10.2 Å². The Morgan fingerprint density at radius 2 is 2.00 bits per heavy atom. The van der Waals surface area contributed by atoms with Crippen LogP contribution in [0.3, 0.4) is 0 Å². The summed E-state index contributed by atoms with van der Waals surface area (Å²) < 4.78 is 5.53. The van der Waals surface area contributed by atoms with E-state index in [0.29, 0.717) is 31.0 Å². The van der Waals surface area contributed by atoms with Crippen LogP contribution >= 0.6 is 11.8 Å². The number of rotatable bonds is 8. The first kappa shape index (κ1) is 18.4. The van der Waals surface area contributed by atoms with Crippen molar-refractivity contribution in [2.75, 3.05) is 19.7 Å². The fourth-order valence-corrected chi connectivity index (χ4v) is 3.30. The molecular formula is C18H24N2O3S. The van der Waals surface area contributed by atoms with E-state index in [1.54, 1.807) is 23.2 Å². The Morgan fingerprint density at radius 3 is 2.58 bits per heavy atom. The number of carbonyl (C=O) groups is 2. The second-order valence-corrected chi connectivity index (χ2v) is 6.37. The van der Waals surface area contributed by atoms with Gasteiger partial charge in [0.25, 0.3) is 5.91 Å². The highest BCUT2D eigenvalue weighted by Crippen LogP contribution is 2.23. The molecule has 0 aromatic heterocycles. The molecular weight excluding hydrogens is 324 g/mol. The van der Waals surface area contributed by atoms with Gasteiger partial charge in [0.1, 0.15) is 11.1 Å². The van der Waals surface area contributed by atoms with Crippen LogP contribution in [-0.4, -0.2) is 41.7 Å². The fourth-order valence-electron chi connectivity index (χ4n) is 2.60. The second kappa shape index (κ2) is 8.78. The summed E-state index contributed by atoms with van der Waals surface area (Å²) in [6, 6.07) is 5.37. The highest BCUT2D eigenvalue weighted by molar-refractivity contribution is 8.03. The molecule has 130 valence electrons. The van der Waals surface area contributed by atoms with Gasteiger partial charge in [0.2, 0.25) is 0 Å². The summed E-state index contributed by atoms with van der Waals surface area (Å²) in [5, 5.41) is 4.60. The molecule has 1 N–H and O–H groups in total. The molecule has 1 aliphatic heterocycles. The topological polar surface area (TPSA) is 58.6 Å². The lowest BCUT2D eigenvalue weighted by molar-refractivity contribution is -0.118. The minimum absolute atomic E-state index is 0.0454. The van der Waals surface area contributed by atoms with Crippen molar-refractivity contribution >= 4 is 23.5 Å². The number of carbonyl (C=O) groups excluding carboxylic acids is 2. The Balaban J connectivity index is 2.28. The molecule has 1 atom stereocenters. The SMILES string of the molecule is CCOc1ccc(C(=O)N(CC)CC)c(CC(=O)C2NC=CS2)c1. The van der Waals surface area contributed by atoms with Crippen molar-refractivity contribution < 1.29 is 14.3 Å². The van der Waals surface area contributed by atoms with E-state index in [0.717, 1.165) is 5.56 Å². The number of hydrogen-bond donors (Lipinski definition) is 1. The van der Waals surface area contributed by atoms with E-state index in [4.69, 9.17) is 4.74 Å². The Morgan fingerprint density at radius 1 is 1.25 bits per heavy atom. The third kappa shape index (κ3) is 4.32. The van der Waals surface area contributed by atoms with E-state index in [2.05, 4.69) is 5.32 Å². The van der Waals surface area contributed by atoms with Crippen LogP contribution in [0.5, 0.6) is 5.75 Å². The molecule has 0 aliphatic carbocycles. The number of nitrogens with zero attached hydrogens (tertiary/aromatic N) is 1. The monoisotopic (exact) mass is 348 g/mol. The third-order valence-electron chi connectivity index (χ3n) is 3.86. The molecule has 0 fully saturated rings. The van der Waals surface area contributed by atoms with Crippen molar-refractivity contribution in [2.24, 2.45) is 0 Å².